The number of rotatable bonds is 8. The van der Waals surface area contributed by atoms with E-state index in [2.05, 4.69) is 21.2 Å². The van der Waals surface area contributed by atoms with Gasteiger partial charge in [-0.3, -0.25) is 4.99 Å². The van der Waals surface area contributed by atoms with Crippen molar-refractivity contribution in [1.29, 1.82) is 0 Å². The molecule has 1 aromatic heterocycles. The van der Waals surface area contributed by atoms with Gasteiger partial charge in [0.05, 0.1) is 24.3 Å². The van der Waals surface area contributed by atoms with Crippen molar-refractivity contribution in [3.05, 3.63) is 58.9 Å². The largest absolute Gasteiger partial charge is 0.397 e. The van der Waals surface area contributed by atoms with Crippen LogP contribution in [0.2, 0.25) is 0 Å². The number of aromatic nitrogens is 2. The molecule has 0 atom stereocenters. The SMILES string of the molecule is COCCN=C(/C=C(\N)C(F)F)c1nc(C2(c3ccccc3C)CC2)no1. The number of hydrogen-bond acceptors (Lipinski definition) is 6. The lowest BCUT2D eigenvalue weighted by atomic mass is 9.91. The molecule has 0 bridgehead atoms. The topological polar surface area (TPSA) is 86.5 Å². The minimum Gasteiger partial charge on any atom is -0.397 e. The molecule has 6 nitrogen and oxygen atoms in total. The second-order valence-corrected chi connectivity index (χ2v) is 6.52. The Morgan fingerprint density at radius 2 is 2.15 bits per heavy atom. The molecule has 1 heterocycles. The Kier molecular flexibility index (Phi) is 5.65. The minimum absolute atomic E-state index is 0.0737. The van der Waals surface area contributed by atoms with E-state index in [1.54, 1.807) is 0 Å². The maximum Gasteiger partial charge on any atom is 0.277 e. The van der Waals surface area contributed by atoms with E-state index < -0.39 is 12.1 Å². The highest BCUT2D eigenvalue weighted by Gasteiger charge is 2.50. The van der Waals surface area contributed by atoms with E-state index in [0.29, 0.717) is 12.4 Å². The fourth-order valence-electron chi connectivity index (χ4n) is 3.02. The summed E-state index contributed by atoms with van der Waals surface area (Å²) < 4.78 is 35.9. The van der Waals surface area contributed by atoms with Crippen LogP contribution in [0.1, 0.15) is 35.7 Å². The van der Waals surface area contributed by atoms with Gasteiger partial charge in [0.2, 0.25) is 0 Å². The molecule has 0 amide bonds. The number of benzene rings is 1. The Morgan fingerprint density at radius 1 is 1.41 bits per heavy atom. The first-order valence-electron chi connectivity index (χ1n) is 8.67. The third kappa shape index (κ3) is 4.05. The summed E-state index contributed by atoms with van der Waals surface area (Å²) >= 11 is 0. The highest BCUT2D eigenvalue weighted by Crippen LogP contribution is 2.53. The molecular weight excluding hydrogens is 354 g/mol. The van der Waals surface area contributed by atoms with E-state index in [0.717, 1.165) is 30.0 Å². The van der Waals surface area contributed by atoms with Gasteiger partial charge < -0.3 is 15.0 Å². The normalized spacial score (nSPS) is 16.8. The summed E-state index contributed by atoms with van der Waals surface area (Å²) in [5.41, 5.74) is 6.92. The zero-order valence-electron chi connectivity index (χ0n) is 15.3. The molecule has 2 aromatic rings. The summed E-state index contributed by atoms with van der Waals surface area (Å²) in [7, 11) is 1.53. The zero-order valence-corrected chi connectivity index (χ0v) is 15.3. The first-order chi connectivity index (χ1) is 13.0. The second-order valence-electron chi connectivity index (χ2n) is 6.52. The molecule has 0 spiro atoms. The van der Waals surface area contributed by atoms with Crippen LogP contribution in [0.4, 0.5) is 8.78 Å². The molecule has 1 fully saturated rings. The summed E-state index contributed by atoms with van der Waals surface area (Å²) in [4.78, 5) is 8.68. The lowest BCUT2D eigenvalue weighted by molar-refractivity contribution is 0.188. The number of allylic oxidation sites excluding steroid dienone is 2. The summed E-state index contributed by atoms with van der Waals surface area (Å²) in [5, 5.41) is 4.11. The van der Waals surface area contributed by atoms with Crippen LogP contribution in [0.3, 0.4) is 0 Å². The number of nitrogens with zero attached hydrogens (tertiary/aromatic N) is 3. The summed E-state index contributed by atoms with van der Waals surface area (Å²) in [5.74, 6) is 0.611. The minimum atomic E-state index is -2.79. The molecule has 1 aliphatic rings. The molecule has 27 heavy (non-hydrogen) atoms. The molecule has 1 saturated carbocycles. The fraction of sp³-hybridized carbons (Fsp3) is 0.421. The summed E-state index contributed by atoms with van der Waals surface area (Å²) in [6.45, 7) is 2.64. The quantitative estimate of drug-likeness (QED) is 0.565. The van der Waals surface area contributed by atoms with Gasteiger partial charge >= 0.3 is 0 Å². The number of ether oxygens (including phenoxy) is 1. The average molecular weight is 376 g/mol. The molecule has 0 saturated heterocycles. The maximum atomic E-state index is 12.8. The summed E-state index contributed by atoms with van der Waals surface area (Å²) in [6.07, 6.45) is 0.0938. The lowest BCUT2D eigenvalue weighted by Crippen LogP contribution is -2.14. The molecule has 144 valence electrons. The van der Waals surface area contributed by atoms with Crippen LogP contribution in [0.25, 0.3) is 0 Å². The van der Waals surface area contributed by atoms with Crippen LogP contribution < -0.4 is 5.73 Å². The predicted octanol–water partition coefficient (Wildman–Crippen LogP) is 3.00. The Bertz CT molecular complexity index is 857. The number of aliphatic imine (C=N–C) groups is 1. The van der Waals surface area contributed by atoms with Crippen molar-refractivity contribution in [2.24, 2.45) is 10.7 Å². The van der Waals surface area contributed by atoms with Gasteiger partial charge in [0.1, 0.15) is 5.71 Å². The molecule has 1 aromatic carbocycles. The van der Waals surface area contributed by atoms with Crippen molar-refractivity contribution in [2.45, 2.75) is 31.6 Å². The van der Waals surface area contributed by atoms with E-state index in [9.17, 15) is 8.78 Å². The van der Waals surface area contributed by atoms with E-state index in [-0.39, 0.29) is 23.6 Å². The van der Waals surface area contributed by atoms with Gasteiger partial charge in [0.25, 0.3) is 12.3 Å². The molecule has 1 aliphatic carbocycles. The van der Waals surface area contributed by atoms with Crippen molar-refractivity contribution in [3.63, 3.8) is 0 Å². The van der Waals surface area contributed by atoms with Crippen LogP contribution in [0.5, 0.6) is 0 Å². The molecule has 0 unspecified atom stereocenters. The molecule has 3 rings (SSSR count). The molecular formula is C19H22F2N4O2. The van der Waals surface area contributed by atoms with Crippen molar-refractivity contribution >= 4 is 5.71 Å². The van der Waals surface area contributed by atoms with Crippen LogP contribution in [0, 0.1) is 6.92 Å². The van der Waals surface area contributed by atoms with Gasteiger partial charge in [-0.15, -0.1) is 0 Å². The highest BCUT2D eigenvalue weighted by molar-refractivity contribution is 6.05. The fourth-order valence-corrected chi connectivity index (χ4v) is 3.02. The third-order valence-corrected chi connectivity index (χ3v) is 4.62. The van der Waals surface area contributed by atoms with Gasteiger partial charge in [0.15, 0.2) is 5.82 Å². The van der Waals surface area contributed by atoms with Gasteiger partial charge in [-0.2, -0.15) is 4.98 Å². The number of methoxy groups -OCH3 is 1. The summed E-state index contributed by atoms with van der Waals surface area (Å²) in [6, 6.07) is 8.06. The second kappa shape index (κ2) is 7.96. The van der Waals surface area contributed by atoms with E-state index in [4.69, 9.17) is 15.0 Å². The molecule has 8 heteroatoms. The Balaban J connectivity index is 1.93. The van der Waals surface area contributed by atoms with Gasteiger partial charge in [0, 0.05) is 7.11 Å². The average Bonchev–Trinajstić information content (AvgIpc) is 3.30. The van der Waals surface area contributed by atoms with E-state index in [1.165, 1.54) is 7.11 Å². The van der Waals surface area contributed by atoms with Crippen molar-refractivity contribution < 1.29 is 18.0 Å². The first-order valence-corrected chi connectivity index (χ1v) is 8.67. The van der Waals surface area contributed by atoms with Crippen LogP contribution >= 0.6 is 0 Å². The zero-order chi connectivity index (χ0) is 19.4. The van der Waals surface area contributed by atoms with Gasteiger partial charge in [-0.25, -0.2) is 8.78 Å². The molecule has 0 aliphatic heterocycles. The number of hydrogen-bond donors (Lipinski definition) is 1. The number of aryl methyl sites for hydroxylation is 1. The van der Waals surface area contributed by atoms with Crippen molar-refractivity contribution in [2.75, 3.05) is 20.3 Å². The number of alkyl halides is 2. The number of nitrogens with two attached hydrogens (primary N) is 1. The number of halogens is 2. The Labute approximate surface area is 156 Å². The third-order valence-electron chi connectivity index (χ3n) is 4.62. The van der Waals surface area contributed by atoms with E-state index >= 15 is 0 Å². The standard InChI is InChI=1S/C19H22F2N4O2/c1-12-5-3-4-6-13(12)19(7-8-19)18-24-17(27-25-18)15(23-9-10-26-2)11-14(22)16(20)21/h3-6,11,16H,7-10,22H2,1-2H3/b14-11-,23-15?. The van der Waals surface area contributed by atoms with Crippen LogP contribution in [-0.2, 0) is 10.2 Å². The van der Waals surface area contributed by atoms with Gasteiger partial charge in [-0.1, -0.05) is 29.4 Å². The smallest absolute Gasteiger partial charge is 0.277 e. The molecule has 2 N–H and O–H groups in total. The Hall–Kier alpha value is -2.61. The van der Waals surface area contributed by atoms with Crippen molar-refractivity contribution in [3.8, 4) is 0 Å². The van der Waals surface area contributed by atoms with E-state index in [1.807, 2.05) is 25.1 Å². The van der Waals surface area contributed by atoms with Gasteiger partial charge in [-0.05, 0) is 37.0 Å². The first kappa shape index (κ1) is 19.2. The molecule has 0 radical (unpaired) electrons. The predicted molar refractivity (Wildman–Crippen MR) is 97.0 cm³/mol. The van der Waals surface area contributed by atoms with Crippen LogP contribution in [-0.4, -0.2) is 42.5 Å². The lowest BCUT2D eigenvalue weighted by Gasteiger charge is -2.13. The van der Waals surface area contributed by atoms with Crippen molar-refractivity contribution in [1.82, 2.24) is 10.1 Å². The Morgan fingerprint density at radius 3 is 2.78 bits per heavy atom. The maximum absolute atomic E-state index is 12.8. The highest BCUT2D eigenvalue weighted by atomic mass is 19.3. The monoisotopic (exact) mass is 376 g/mol. The van der Waals surface area contributed by atoms with Crippen LogP contribution in [0.15, 0.2) is 45.6 Å².